The summed E-state index contributed by atoms with van der Waals surface area (Å²) < 4.78 is 18.7. The Morgan fingerprint density at radius 1 is 1.08 bits per heavy atom. The second-order valence-electron chi connectivity index (χ2n) is 5.49. The van der Waals surface area contributed by atoms with Crippen LogP contribution in [0, 0.1) is 5.82 Å². The lowest BCUT2D eigenvalue weighted by Gasteiger charge is -2.15. The molecule has 2 aromatic carbocycles. The molecule has 0 spiro atoms. The summed E-state index contributed by atoms with van der Waals surface area (Å²) in [5, 5.41) is 0. The average Bonchev–Trinajstić information content (AvgIpc) is 2.66. The van der Waals surface area contributed by atoms with Gasteiger partial charge in [0.2, 0.25) is 5.91 Å². The molecular weight excluding hydrogens is 355 g/mol. The van der Waals surface area contributed by atoms with Crippen molar-refractivity contribution in [3.8, 4) is 5.75 Å². The third-order valence-corrected chi connectivity index (χ3v) is 4.49. The fourth-order valence-electron chi connectivity index (χ4n) is 2.02. The molecule has 0 heterocycles. The number of amides is 2. The van der Waals surface area contributed by atoms with Crippen LogP contribution >= 0.6 is 11.8 Å². The van der Waals surface area contributed by atoms with Crippen LogP contribution in [0.4, 0.5) is 4.39 Å². The van der Waals surface area contributed by atoms with Gasteiger partial charge in [0.1, 0.15) is 0 Å². The molecular formula is C19H21FN2O3S. The summed E-state index contributed by atoms with van der Waals surface area (Å²) in [4.78, 5) is 24.8. The SMILES string of the molecule is CC(Oc1ccccc1F)C(=O)NNC(=O)CCCSc1ccccc1. The maximum Gasteiger partial charge on any atom is 0.279 e. The largest absolute Gasteiger partial charge is 0.478 e. The van der Waals surface area contributed by atoms with E-state index in [4.69, 9.17) is 4.74 Å². The van der Waals surface area contributed by atoms with Gasteiger partial charge in [-0.15, -0.1) is 11.8 Å². The Labute approximate surface area is 156 Å². The summed E-state index contributed by atoms with van der Waals surface area (Å²) >= 11 is 1.67. The third kappa shape index (κ3) is 6.76. The Hall–Kier alpha value is -2.54. The van der Waals surface area contributed by atoms with Gasteiger partial charge in [-0.1, -0.05) is 30.3 Å². The predicted molar refractivity (Wildman–Crippen MR) is 99.2 cm³/mol. The number of halogens is 1. The first-order valence-electron chi connectivity index (χ1n) is 8.24. The maximum atomic E-state index is 13.5. The van der Waals surface area contributed by atoms with Crippen LogP contribution in [-0.4, -0.2) is 23.7 Å². The fourth-order valence-corrected chi connectivity index (χ4v) is 2.89. The van der Waals surface area contributed by atoms with E-state index in [1.807, 2.05) is 30.3 Å². The molecule has 5 nitrogen and oxygen atoms in total. The van der Waals surface area contributed by atoms with E-state index in [2.05, 4.69) is 10.9 Å². The number of thioether (sulfide) groups is 1. The second kappa shape index (κ2) is 10.5. The van der Waals surface area contributed by atoms with Gasteiger partial charge in [0.05, 0.1) is 0 Å². The Kier molecular flexibility index (Phi) is 7.95. The minimum absolute atomic E-state index is 0.0144. The summed E-state index contributed by atoms with van der Waals surface area (Å²) in [5.41, 5.74) is 4.63. The zero-order chi connectivity index (χ0) is 18.8. The number of hydrogen-bond donors (Lipinski definition) is 2. The van der Waals surface area contributed by atoms with E-state index in [9.17, 15) is 14.0 Å². The van der Waals surface area contributed by atoms with Gasteiger partial charge < -0.3 is 4.74 Å². The molecule has 0 aliphatic heterocycles. The molecule has 138 valence electrons. The highest BCUT2D eigenvalue weighted by molar-refractivity contribution is 7.99. The predicted octanol–water partition coefficient (Wildman–Crippen LogP) is 3.31. The van der Waals surface area contributed by atoms with Crippen molar-refractivity contribution >= 4 is 23.6 Å². The van der Waals surface area contributed by atoms with Crippen LogP contribution in [0.5, 0.6) is 5.75 Å². The molecule has 2 amide bonds. The lowest BCUT2D eigenvalue weighted by Crippen LogP contribution is -2.47. The van der Waals surface area contributed by atoms with E-state index in [1.54, 1.807) is 17.8 Å². The van der Waals surface area contributed by atoms with Gasteiger partial charge in [-0.05, 0) is 43.4 Å². The quantitative estimate of drug-likeness (QED) is 0.421. The van der Waals surface area contributed by atoms with E-state index in [-0.39, 0.29) is 11.7 Å². The van der Waals surface area contributed by atoms with Gasteiger partial charge in [-0.25, -0.2) is 4.39 Å². The van der Waals surface area contributed by atoms with Gasteiger partial charge in [-0.3, -0.25) is 20.4 Å². The van der Waals surface area contributed by atoms with Crippen LogP contribution in [0.3, 0.4) is 0 Å². The van der Waals surface area contributed by atoms with Crippen LogP contribution in [0.25, 0.3) is 0 Å². The molecule has 2 rings (SSSR count). The number of para-hydroxylation sites is 1. The van der Waals surface area contributed by atoms with E-state index in [0.29, 0.717) is 12.8 Å². The molecule has 26 heavy (non-hydrogen) atoms. The molecule has 7 heteroatoms. The molecule has 0 radical (unpaired) electrons. The van der Waals surface area contributed by atoms with Gasteiger partial charge >= 0.3 is 0 Å². The number of carbonyl (C=O) groups is 2. The first-order chi connectivity index (χ1) is 12.6. The highest BCUT2D eigenvalue weighted by atomic mass is 32.2. The molecule has 0 bridgehead atoms. The summed E-state index contributed by atoms with van der Waals surface area (Å²) in [7, 11) is 0. The van der Waals surface area contributed by atoms with Crippen LogP contribution < -0.4 is 15.6 Å². The smallest absolute Gasteiger partial charge is 0.279 e. The highest BCUT2D eigenvalue weighted by Gasteiger charge is 2.16. The third-order valence-electron chi connectivity index (χ3n) is 3.39. The zero-order valence-corrected chi connectivity index (χ0v) is 15.2. The number of benzene rings is 2. The number of hydrogen-bond acceptors (Lipinski definition) is 4. The molecule has 1 unspecified atom stereocenters. The van der Waals surface area contributed by atoms with E-state index >= 15 is 0 Å². The van der Waals surface area contributed by atoms with Crippen molar-refractivity contribution in [3.05, 3.63) is 60.4 Å². The Morgan fingerprint density at radius 2 is 1.77 bits per heavy atom. The number of rotatable bonds is 8. The molecule has 0 fully saturated rings. The summed E-state index contributed by atoms with van der Waals surface area (Å²) in [6.07, 6.45) is 0.0337. The maximum absolute atomic E-state index is 13.5. The number of ether oxygens (including phenoxy) is 1. The van der Waals surface area contributed by atoms with Crippen LogP contribution in [0.15, 0.2) is 59.5 Å². The number of hydrazine groups is 1. The minimum atomic E-state index is -0.944. The van der Waals surface area contributed by atoms with Gasteiger partial charge in [0, 0.05) is 11.3 Å². The standard InChI is InChI=1S/C19H21FN2O3S/c1-14(25-17-11-6-5-10-16(17)20)19(24)22-21-18(23)12-7-13-26-15-8-3-2-4-9-15/h2-6,8-11,14H,7,12-13H2,1H3,(H,21,23)(H,22,24). The molecule has 0 saturated carbocycles. The second-order valence-corrected chi connectivity index (χ2v) is 6.66. The van der Waals surface area contributed by atoms with Crippen molar-refractivity contribution in [2.24, 2.45) is 0 Å². The lowest BCUT2D eigenvalue weighted by atomic mass is 10.3. The molecule has 2 aromatic rings. The Bertz CT molecular complexity index is 728. The molecule has 0 aliphatic rings. The number of carbonyl (C=O) groups excluding carboxylic acids is 2. The van der Waals surface area contributed by atoms with E-state index in [0.717, 1.165) is 10.6 Å². The summed E-state index contributed by atoms with van der Waals surface area (Å²) in [5.74, 6) is -0.602. The van der Waals surface area contributed by atoms with Gasteiger partial charge in [0.25, 0.3) is 5.91 Å². The first-order valence-corrected chi connectivity index (χ1v) is 9.22. The van der Waals surface area contributed by atoms with Crippen molar-refractivity contribution in [1.82, 2.24) is 10.9 Å². The van der Waals surface area contributed by atoms with Crippen LogP contribution in [-0.2, 0) is 9.59 Å². The van der Waals surface area contributed by atoms with Crippen LogP contribution in [0.1, 0.15) is 19.8 Å². The summed E-state index contributed by atoms with van der Waals surface area (Å²) in [6.45, 7) is 1.48. The molecule has 1 atom stereocenters. The minimum Gasteiger partial charge on any atom is -0.478 e. The molecule has 0 saturated heterocycles. The molecule has 2 N–H and O–H groups in total. The molecule has 0 aromatic heterocycles. The van der Waals surface area contributed by atoms with Crippen LogP contribution in [0.2, 0.25) is 0 Å². The summed E-state index contributed by atoms with van der Waals surface area (Å²) in [6, 6.07) is 15.7. The monoisotopic (exact) mass is 376 g/mol. The van der Waals surface area contributed by atoms with Crippen molar-refractivity contribution in [2.75, 3.05) is 5.75 Å². The van der Waals surface area contributed by atoms with Crippen molar-refractivity contribution < 1.29 is 18.7 Å². The van der Waals surface area contributed by atoms with Crippen molar-refractivity contribution in [3.63, 3.8) is 0 Å². The van der Waals surface area contributed by atoms with Crippen molar-refractivity contribution in [1.29, 1.82) is 0 Å². The van der Waals surface area contributed by atoms with Gasteiger partial charge in [0.15, 0.2) is 17.7 Å². The Balaban J connectivity index is 1.63. The topological polar surface area (TPSA) is 67.4 Å². The first kappa shape index (κ1) is 19.8. The zero-order valence-electron chi connectivity index (χ0n) is 14.4. The lowest BCUT2D eigenvalue weighted by molar-refractivity contribution is -0.132. The fraction of sp³-hybridized carbons (Fsp3) is 0.263. The average molecular weight is 376 g/mol. The van der Waals surface area contributed by atoms with E-state index in [1.165, 1.54) is 25.1 Å². The van der Waals surface area contributed by atoms with Crippen molar-refractivity contribution in [2.45, 2.75) is 30.8 Å². The van der Waals surface area contributed by atoms with Gasteiger partial charge in [-0.2, -0.15) is 0 Å². The normalized spacial score (nSPS) is 11.5. The highest BCUT2D eigenvalue weighted by Crippen LogP contribution is 2.18. The van der Waals surface area contributed by atoms with E-state index < -0.39 is 17.8 Å². The molecule has 0 aliphatic carbocycles. The number of nitrogens with one attached hydrogen (secondary N) is 2. The Morgan fingerprint density at radius 3 is 2.50 bits per heavy atom.